The fourth-order valence-corrected chi connectivity index (χ4v) is 3.11. The van der Waals surface area contributed by atoms with E-state index in [0.29, 0.717) is 45.8 Å². The van der Waals surface area contributed by atoms with Crippen LogP contribution in [0.25, 0.3) is 11.0 Å². The minimum Gasteiger partial charge on any atom is -0.388 e. The summed E-state index contributed by atoms with van der Waals surface area (Å²) in [5.74, 6) is 0.845. The highest BCUT2D eigenvalue weighted by Gasteiger charge is 2.32. The minimum absolute atomic E-state index is 0.441. The van der Waals surface area contributed by atoms with Gasteiger partial charge in [0.15, 0.2) is 0 Å². The Morgan fingerprint density at radius 2 is 2.09 bits per heavy atom. The molecule has 126 valence electrons. The quantitative estimate of drug-likeness (QED) is 0.914. The molecule has 1 N–H and O–H groups in total. The van der Waals surface area contributed by atoms with Crippen LogP contribution in [-0.2, 0) is 22.6 Å². The van der Waals surface area contributed by atoms with Crippen molar-refractivity contribution in [3.05, 3.63) is 23.3 Å². The monoisotopic (exact) mass is 319 g/mol. The molecule has 6 heteroatoms. The molecule has 0 saturated carbocycles. The van der Waals surface area contributed by atoms with E-state index in [-0.39, 0.29) is 0 Å². The van der Waals surface area contributed by atoms with Crippen molar-refractivity contribution < 1.29 is 14.6 Å². The van der Waals surface area contributed by atoms with Gasteiger partial charge in [-0.3, -0.25) is 4.98 Å². The van der Waals surface area contributed by atoms with E-state index in [1.54, 1.807) is 6.20 Å². The van der Waals surface area contributed by atoms with E-state index in [9.17, 15) is 5.11 Å². The van der Waals surface area contributed by atoms with Crippen LogP contribution in [0.2, 0.25) is 0 Å². The molecule has 0 aromatic carbocycles. The van der Waals surface area contributed by atoms with E-state index in [1.807, 2.05) is 13.8 Å². The molecule has 0 unspecified atom stereocenters. The van der Waals surface area contributed by atoms with E-state index < -0.39 is 5.60 Å². The molecule has 3 rings (SSSR count). The molecule has 0 atom stereocenters. The molecular formula is C17H25N3O3. The number of aromatic nitrogens is 3. The van der Waals surface area contributed by atoms with E-state index in [0.717, 1.165) is 28.1 Å². The SMILES string of the molecule is CCOCc1nc2cnc(C)c(C)c2n1CC1(O)CCOCC1. The molecule has 2 aromatic rings. The lowest BCUT2D eigenvalue weighted by atomic mass is 9.94. The third-order valence-electron chi connectivity index (χ3n) is 4.66. The Morgan fingerprint density at radius 1 is 1.35 bits per heavy atom. The summed E-state index contributed by atoms with van der Waals surface area (Å²) in [7, 11) is 0. The van der Waals surface area contributed by atoms with Crippen molar-refractivity contribution in [2.24, 2.45) is 0 Å². The van der Waals surface area contributed by atoms with Crippen LogP contribution >= 0.6 is 0 Å². The largest absolute Gasteiger partial charge is 0.388 e. The number of aryl methyl sites for hydroxylation is 2. The van der Waals surface area contributed by atoms with Crippen LogP contribution in [0.5, 0.6) is 0 Å². The lowest BCUT2D eigenvalue weighted by Gasteiger charge is -2.33. The van der Waals surface area contributed by atoms with Gasteiger partial charge in [-0.2, -0.15) is 0 Å². The van der Waals surface area contributed by atoms with Crippen molar-refractivity contribution in [1.82, 2.24) is 14.5 Å². The number of fused-ring (bicyclic) bond motifs is 1. The van der Waals surface area contributed by atoms with Gasteiger partial charge in [0.1, 0.15) is 17.9 Å². The standard InChI is InChI=1S/C17H25N3O3/c1-4-22-10-15-19-14-9-18-13(3)12(2)16(14)20(15)11-17(21)5-7-23-8-6-17/h9,21H,4-8,10-11H2,1-3H3. The molecule has 0 spiro atoms. The second-order valence-corrected chi connectivity index (χ2v) is 6.29. The van der Waals surface area contributed by atoms with Crippen LogP contribution in [0, 0.1) is 13.8 Å². The summed E-state index contributed by atoms with van der Waals surface area (Å²) in [6.07, 6.45) is 3.09. The summed E-state index contributed by atoms with van der Waals surface area (Å²) in [6.45, 7) is 8.81. The van der Waals surface area contributed by atoms with Crippen LogP contribution in [0.1, 0.15) is 36.8 Å². The summed E-state index contributed by atoms with van der Waals surface area (Å²) < 4.78 is 13.1. The Bertz CT molecular complexity index is 690. The molecule has 23 heavy (non-hydrogen) atoms. The molecule has 0 amide bonds. The van der Waals surface area contributed by atoms with Gasteiger partial charge in [0.2, 0.25) is 0 Å². The van der Waals surface area contributed by atoms with Crippen molar-refractivity contribution >= 4 is 11.0 Å². The number of nitrogens with zero attached hydrogens (tertiary/aromatic N) is 3. The number of hydrogen-bond donors (Lipinski definition) is 1. The molecule has 2 aromatic heterocycles. The first kappa shape index (κ1) is 16.4. The Morgan fingerprint density at radius 3 is 2.78 bits per heavy atom. The fraction of sp³-hybridized carbons (Fsp3) is 0.647. The van der Waals surface area contributed by atoms with Gasteiger partial charge in [0.25, 0.3) is 0 Å². The highest BCUT2D eigenvalue weighted by molar-refractivity contribution is 5.79. The molecule has 1 saturated heterocycles. The van der Waals surface area contributed by atoms with E-state index in [4.69, 9.17) is 9.47 Å². The maximum absolute atomic E-state index is 10.9. The molecule has 1 aliphatic rings. The van der Waals surface area contributed by atoms with Crippen molar-refractivity contribution in [2.45, 2.75) is 52.4 Å². The lowest BCUT2D eigenvalue weighted by molar-refractivity contribution is -0.0730. The number of aliphatic hydroxyl groups is 1. The third kappa shape index (κ3) is 3.24. The number of rotatable bonds is 5. The van der Waals surface area contributed by atoms with Crippen LogP contribution in [0.4, 0.5) is 0 Å². The Hall–Kier alpha value is -1.50. The van der Waals surface area contributed by atoms with Crippen LogP contribution in [0.15, 0.2) is 6.20 Å². The second kappa shape index (κ2) is 6.55. The van der Waals surface area contributed by atoms with Crippen LogP contribution in [0.3, 0.4) is 0 Å². The number of pyridine rings is 1. The van der Waals surface area contributed by atoms with Gasteiger partial charge < -0.3 is 19.1 Å². The maximum atomic E-state index is 10.9. The van der Waals surface area contributed by atoms with E-state index in [1.165, 1.54) is 0 Å². The zero-order valence-electron chi connectivity index (χ0n) is 14.1. The highest BCUT2D eigenvalue weighted by Crippen LogP contribution is 2.28. The molecule has 1 fully saturated rings. The summed E-state index contributed by atoms with van der Waals surface area (Å²) in [4.78, 5) is 9.09. The first-order valence-corrected chi connectivity index (χ1v) is 8.23. The Labute approximate surface area is 136 Å². The van der Waals surface area contributed by atoms with E-state index >= 15 is 0 Å². The predicted octanol–water partition coefficient (Wildman–Crippen LogP) is 2.13. The summed E-state index contributed by atoms with van der Waals surface area (Å²) >= 11 is 0. The maximum Gasteiger partial charge on any atom is 0.136 e. The normalized spacial score (nSPS) is 17.7. The third-order valence-corrected chi connectivity index (χ3v) is 4.66. The molecule has 0 radical (unpaired) electrons. The van der Waals surface area contributed by atoms with Gasteiger partial charge in [0, 0.05) is 38.4 Å². The zero-order chi connectivity index (χ0) is 16.4. The summed E-state index contributed by atoms with van der Waals surface area (Å²) in [5, 5.41) is 10.9. The Kier molecular flexibility index (Phi) is 4.66. The van der Waals surface area contributed by atoms with Gasteiger partial charge in [-0.05, 0) is 26.3 Å². The first-order valence-electron chi connectivity index (χ1n) is 8.23. The van der Waals surface area contributed by atoms with Crippen LogP contribution < -0.4 is 0 Å². The highest BCUT2D eigenvalue weighted by atomic mass is 16.5. The lowest BCUT2D eigenvalue weighted by Crippen LogP contribution is -2.40. The summed E-state index contributed by atoms with van der Waals surface area (Å²) in [6, 6.07) is 0. The van der Waals surface area contributed by atoms with Crippen molar-refractivity contribution in [2.75, 3.05) is 19.8 Å². The first-order chi connectivity index (χ1) is 11.0. The smallest absolute Gasteiger partial charge is 0.136 e. The van der Waals surface area contributed by atoms with Crippen molar-refractivity contribution in [1.29, 1.82) is 0 Å². The van der Waals surface area contributed by atoms with Gasteiger partial charge in [0.05, 0.1) is 23.9 Å². The molecule has 1 aliphatic heterocycles. The molecule has 6 nitrogen and oxygen atoms in total. The van der Waals surface area contributed by atoms with E-state index in [2.05, 4.69) is 21.5 Å². The Balaban J connectivity index is 2.05. The molecule has 3 heterocycles. The minimum atomic E-state index is -0.754. The van der Waals surface area contributed by atoms with Gasteiger partial charge in [-0.25, -0.2) is 4.98 Å². The van der Waals surface area contributed by atoms with Gasteiger partial charge in [-0.1, -0.05) is 0 Å². The molecule has 0 aliphatic carbocycles. The van der Waals surface area contributed by atoms with Gasteiger partial charge in [-0.15, -0.1) is 0 Å². The summed E-state index contributed by atoms with van der Waals surface area (Å²) in [5.41, 5.74) is 3.25. The number of hydrogen-bond acceptors (Lipinski definition) is 5. The predicted molar refractivity (Wildman–Crippen MR) is 87.3 cm³/mol. The number of ether oxygens (including phenoxy) is 2. The topological polar surface area (TPSA) is 69.4 Å². The average molecular weight is 319 g/mol. The molecule has 0 bridgehead atoms. The van der Waals surface area contributed by atoms with Gasteiger partial charge >= 0.3 is 0 Å². The molecular weight excluding hydrogens is 294 g/mol. The average Bonchev–Trinajstić information content (AvgIpc) is 2.87. The van der Waals surface area contributed by atoms with Crippen molar-refractivity contribution in [3.63, 3.8) is 0 Å². The fourth-order valence-electron chi connectivity index (χ4n) is 3.11. The second-order valence-electron chi connectivity index (χ2n) is 6.29. The number of imidazole rings is 1. The van der Waals surface area contributed by atoms with Crippen molar-refractivity contribution in [3.8, 4) is 0 Å². The zero-order valence-corrected chi connectivity index (χ0v) is 14.1. The van der Waals surface area contributed by atoms with Crippen LogP contribution in [-0.4, -0.2) is 45.1 Å².